The van der Waals surface area contributed by atoms with Crippen LogP contribution in [0.25, 0.3) is 0 Å². The molecule has 0 aromatic carbocycles. The van der Waals surface area contributed by atoms with Crippen LogP contribution >= 0.6 is 0 Å². The summed E-state index contributed by atoms with van der Waals surface area (Å²) in [4.78, 5) is 45.0. The molecule has 0 aliphatic heterocycles. The second-order valence-corrected chi connectivity index (χ2v) is 8.37. The molecule has 0 saturated heterocycles. The van der Waals surface area contributed by atoms with E-state index < -0.39 is 12.2 Å². The van der Waals surface area contributed by atoms with Crippen LogP contribution < -0.4 is 0 Å². The first-order valence-electron chi connectivity index (χ1n) is 13.2. The number of aliphatic hydroxyl groups excluding tert-OH is 2. The van der Waals surface area contributed by atoms with E-state index in [1.165, 1.54) is 0 Å². The molecule has 0 aliphatic carbocycles. The van der Waals surface area contributed by atoms with Crippen LogP contribution in [-0.2, 0) is 38.1 Å². The molecular weight excluding hydrogens is 472 g/mol. The molecule has 0 heterocycles. The average Bonchev–Trinajstić information content (AvgIpc) is 2.85. The van der Waals surface area contributed by atoms with Gasteiger partial charge in [0.05, 0.1) is 13.2 Å². The summed E-state index contributed by atoms with van der Waals surface area (Å²) in [6.07, 6.45) is 6.88. The van der Waals surface area contributed by atoms with Crippen molar-refractivity contribution >= 4 is 23.9 Å². The van der Waals surface area contributed by atoms with Crippen molar-refractivity contribution in [2.45, 2.75) is 117 Å². The van der Waals surface area contributed by atoms with Gasteiger partial charge in [-0.15, -0.1) is 0 Å². The van der Waals surface area contributed by atoms with Crippen LogP contribution in [0.1, 0.15) is 105 Å². The van der Waals surface area contributed by atoms with Crippen LogP contribution in [0, 0.1) is 0 Å². The summed E-state index contributed by atoms with van der Waals surface area (Å²) in [5.74, 6) is -1.38. The van der Waals surface area contributed by atoms with Gasteiger partial charge in [-0.2, -0.15) is 0 Å². The van der Waals surface area contributed by atoms with Crippen molar-refractivity contribution in [3.63, 3.8) is 0 Å². The Morgan fingerprint density at radius 1 is 0.528 bits per heavy atom. The lowest BCUT2D eigenvalue weighted by atomic mass is 10.2. The molecule has 2 atom stereocenters. The molecule has 10 heteroatoms. The van der Waals surface area contributed by atoms with Crippen molar-refractivity contribution in [1.29, 1.82) is 0 Å². The molecule has 36 heavy (non-hydrogen) atoms. The molecule has 0 rings (SSSR count). The van der Waals surface area contributed by atoms with Gasteiger partial charge < -0.3 is 29.2 Å². The minimum absolute atomic E-state index is 0.0685. The van der Waals surface area contributed by atoms with E-state index in [4.69, 9.17) is 29.2 Å². The second-order valence-electron chi connectivity index (χ2n) is 8.37. The Morgan fingerprint density at radius 2 is 0.889 bits per heavy atom. The van der Waals surface area contributed by atoms with Crippen molar-refractivity contribution in [3.8, 4) is 0 Å². The maximum Gasteiger partial charge on any atom is 0.306 e. The zero-order valence-corrected chi connectivity index (χ0v) is 22.6. The highest BCUT2D eigenvalue weighted by Crippen LogP contribution is 2.05. The molecule has 0 saturated carbocycles. The summed E-state index contributed by atoms with van der Waals surface area (Å²) in [5.41, 5.74) is 0. The second kappa shape index (κ2) is 25.9. The predicted molar refractivity (Wildman–Crippen MR) is 134 cm³/mol. The van der Waals surface area contributed by atoms with Gasteiger partial charge in [-0.3, -0.25) is 19.2 Å². The van der Waals surface area contributed by atoms with Crippen molar-refractivity contribution in [2.75, 3.05) is 26.4 Å². The Labute approximate surface area is 216 Å². The number of esters is 4. The summed E-state index contributed by atoms with van der Waals surface area (Å²) < 4.78 is 19.8. The lowest BCUT2D eigenvalue weighted by molar-refractivity contribution is -0.161. The highest BCUT2D eigenvalue weighted by Gasteiger charge is 2.16. The fourth-order valence-electron chi connectivity index (χ4n) is 2.70. The molecule has 0 aromatic rings. The topological polar surface area (TPSA) is 146 Å². The van der Waals surface area contributed by atoms with E-state index in [9.17, 15) is 19.2 Å². The quantitative estimate of drug-likeness (QED) is 0.139. The fraction of sp³-hybridized carbons (Fsp3) is 0.846. The molecule has 0 spiro atoms. The Hall–Kier alpha value is -2.20. The number of hydrogen-bond acceptors (Lipinski definition) is 10. The predicted octanol–water partition coefficient (Wildman–Crippen LogP) is 3.63. The Bertz CT molecular complexity index is 579. The minimum atomic E-state index is -0.751. The van der Waals surface area contributed by atoms with Gasteiger partial charge in [0.2, 0.25) is 0 Å². The number of hydrogen-bond donors (Lipinski definition) is 2. The molecule has 0 aromatic heterocycles. The summed E-state index contributed by atoms with van der Waals surface area (Å²) in [6, 6.07) is 0. The standard InChI is InChI=1S/C15H28O5.C11H20O5/c1-3-5-7-9-14(17)19-12-13(11-16)20-15(18)10-8-6-4-2;1-3-5-10(13)15-8-9(7-12)16-11(14)6-4-2/h13,16H,3-12H2,1-2H3;9,12H,3-8H2,1-2H3/t13-;/m0./s1. The molecule has 212 valence electrons. The smallest absolute Gasteiger partial charge is 0.306 e. The van der Waals surface area contributed by atoms with Crippen molar-refractivity contribution in [3.05, 3.63) is 0 Å². The molecule has 0 aliphatic rings. The number of rotatable bonds is 20. The molecule has 1 unspecified atom stereocenters. The van der Waals surface area contributed by atoms with Crippen LogP contribution in [-0.4, -0.2) is 72.7 Å². The number of carbonyl (C=O) groups is 4. The molecule has 0 amide bonds. The minimum Gasteiger partial charge on any atom is -0.462 e. The maximum atomic E-state index is 11.5. The van der Waals surface area contributed by atoms with Crippen LogP contribution in [0.2, 0.25) is 0 Å². The first-order valence-corrected chi connectivity index (χ1v) is 13.2. The molecule has 0 radical (unpaired) electrons. The molecule has 0 bridgehead atoms. The zero-order chi connectivity index (χ0) is 27.6. The molecule has 2 N–H and O–H groups in total. The highest BCUT2D eigenvalue weighted by atomic mass is 16.6. The van der Waals surface area contributed by atoms with E-state index in [1.807, 2.05) is 13.8 Å². The van der Waals surface area contributed by atoms with E-state index in [2.05, 4.69) is 13.8 Å². The van der Waals surface area contributed by atoms with Crippen LogP contribution in [0.5, 0.6) is 0 Å². The largest absolute Gasteiger partial charge is 0.462 e. The van der Waals surface area contributed by atoms with Crippen molar-refractivity contribution in [1.82, 2.24) is 0 Å². The maximum absolute atomic E-state index is 11.5. The lowest BCUT2D eigenvalue weighted by Gasteiger charge is -2.15. The first-order chi connectivity index (χ1) is 17.3. The SMILES string of the molecule is CCCC(=O)OCC(CO)OC(=O)CCC.CCCCCC(=O)OC[C@H](CO)OC(=O)CCCCC. The van der Waals surface area contributed by atoms with Gasteiger partial charge in [0.1, 0.15) is 13.2 Å². The van der Waals surface area contributed by atoms with Crippen molar-refractivity contribution < 1.29 is 48.3 Å². The molecule has 0 fully saturated rings. The highest BCUT2D eigenvalue weighted by molar-refractivity contribution is 5.71. The van der Waals surface area contributed by atoms with E-state index in [1.54, 1.807) is 0 Å². The van der Waals surface area contributed by atoms with Gasteiger partial charge in [-0.05, 0) is 25.7 Å². The number of carbonyl (C=O) groups excluding carboxylic acids is 4. The van der Waals surface area contributed by atoms with Crippen LogP contribution in [0.15, 0.2) is 0 Å². The third-order valence-electron chi connectivity index (χ3n) is 4.74. The Balaban J connectivity index is 0. The van der Waals surface area contributed by atoms with Crippen LogP contribution in [0.3, 0.4) is 0 Å². The van der Waals surface area contributed by atoms with E-state index in [0.717, 1.165) is 38.5 Å². The van der Waals surface area contributed by atoms with E-state index in [-0.39, 0.29) is 50.3 Å². The Morgan fingerprint density at radius 3 is 1.28 bits per heavy atom. The first kappa shape index (κ1) is 36.0. The van der Waals surface area contributed by atoms with Gasteiger partial charge >= 0.3 is 23.9 Å². The van der Waals surface area contributed by atoms with E-state index >= 15 is 0 Å². The molecule has 10 nitrogen and oxygen atoms in total. The summed E-state index contributed by atoms with van der Waals surface area (Å²) in [7, 11) is 0. The zero-order valence-electron chi connectivity index (χ0n) is 22.6. The van der Waals surface area contributed by atoms with Crippen molar-refractivity contribution in [2.24, 2.45) is 0 Å². The van der Waals surface area contributed by atoms with Gasteiger partial charge in [-0.1, -0.05) is 53.4 Å². The van der Waals surface area contributed by atoms with Gasteiger partial charge in [0.15, 0.2) is 12.2 Å². The average molecular weight is 521 g/mol. The van der Waals surface area contributed by atoms with Gasteiger partial charge in [-0.25, -0.2) is 0 Å². The third kappa shape index (κ3) is 23.5. The van der Waals surface area contributed by atoms with Gasteiger partial charge in [0, 0.05) is 25.7 Å². The number of ether oxygens (including phenoxy) is 4. The summed E-state index contributed by atoms with van der Waals surface area (Å²) in [6.45, 7) is 7.02. The van der Waals surface area contributed by atoms with Crippen LogP contribution in [0.4, 0.5) is 0 Å². The normalized spacial score (nSPS) is 11.9. The molecular formula is C26H48O10. The summed E-state index contributed by atoms with van der Waals surface area (Å²) >= 11 is 0. The third-order valence-corrected chi connectivity index (χ3v) is 4.74. The van der Waals surface area contributed by atoms with Gasteiger partial charge in [0.25, 0.3) is 0 Å². The Kier molecular flexibility index (Phi) is 25.9. The number of aliphatic hydroxyl groups is 2. The van der Waals surface area contributed by atoms with E-state index in [0.29, 0.717) is 38.5 Å². The number of unbranched alkanes of at least 4 members (excludes halogenated alkanes) is 4. The fourth-order valence-corrected chi connectivity index (χ4v) is 2.70. The summed E-state index contributed by atoms with van der Waals surface area (Å²) in [5, 5.41) is 18.0. The monoisotopic (exact) mass is 520 g/mol. The lowest BCUT2D eigenvalue weighted by Crippen LogP contribution is -2.28.